The molecule has 1 aromatic carbocycles. The molecule has 5 nitrogen and oxygen atoms in total. The largest absolute Gasteiger partial charge is 0.343 e. The first-order chi connectivity index (χ1) is 11.3. The monoisotopic (exact) mass is 369 g/mol. The molecule has 7 heteroatoms. The van der Waals surface area contributed by atoms with Gasteiger partial charge in [-0.05, 0) is 43.3 Å². The van der Waals surface area contributed by atoms with Gasteiger partial charge >= 0.3 is 0 Å². The molecular weight excluding hydrogens is 344 g/mol. The average molecular weight is 370 g/mol. The highest BCUT2D eigenvalue weighted by Crippen LogP contribution is 2.27. The van der Waals surface area contributed by atoms with Crippen molar-refractivity contribution in [2.24, 2.45) is 0 Å². The van der Waals surface area contributed by atoms with E-state index in [1.54, 1.807) is 4.90 Å². The fraction of sp³-hybridized carbons (Fsp3) is 0.529. The van der Waals surface area contributed by atoms with Crippen LogP contribution in [0.4, 0.5) is 5.69 Å². The summed E-state index contributed by atoms with van der Waals surface area (Å²) in [6, 6.07) is 3.95. The minimum atomic E-state index is 0.112. The smallest absolute Gasteiger partial charge is 0.242 e. The summed E-state index contributed by atoms with van der Waals surface area (Å²) < 4.78 is 0. The number of amides is 1. The first-order valence-corrected chi connectivity index (χ1v) is 8.94. The van der Waals surface area contributed by atoms with Crippen molar-refractivity contribution in [2.75, 3.05) is 52.1 Å². The van der Waals surface area contributed by atoms with E-state index in [-0.39, 0.29) is 12.5 Å². The molecular formula is C17H26ClN4OS+. The number of nitrogens with one attached hydrogen (secondary N) is 2. The summed E-state index contributed by atoms with van der Waals surface area (Å²) in [5.74, 6) is 0.112. The van der Waals surface area contributed by atoms with Crippen molar-refractivity contribution in [1.82, 2.24) is 9.80 Å². The number of likely N-dealkylation sites (N-methyl/N-ethyl adjacent to an activating group) is 2. The zero-order valence-electron chi connectivity index (χ0n) is 14.8. The molecule has 0 aromatic heterocycles. The molecule has 1 heterocycles. The molecule has 24 heavy (non-hydrogen) atoms. The maximum atomic E-state index is 12.4. The molecule has 0 atom stereocenters. The van der Waals surface area contributed by atoms with Crippen LogP contribution in [0.1, 0.15) is 11.1 Å². The number of thiocarbonyl (C=S) groups is 1. The molecule has 0 radical (unpaired) electrons. The summed E-state index contributed by atoms with van der Waals surface area (Å²) in [7, 11) is 3.98. The molecule has 0 aliphatic carbocycles. The Hall–Kier alpha value is -1.37. The quantitative estimate of drug-likeness (QED) is 0.778. The van der Waals surface area contributed by atoms with Crippen molar-refractivity contribution < 1.29 is 9.69 Å². The highest BCUT2D eigenvalue weighted by atomic mass is 35.5. The predicted octanol–water partition coefficient (Wildman–Crippen LogP) is 0.942. The lowest BCUT2D eigenvalue weighted by molar-refractivity contribution is -0.883. The normalized spacial score (nSPS) is 15.3. The number of rotatable bonds is 3. The molecule has 1 amide bonds. The zero-order chi connectivity index (χ0) is 17.9. The van der Waals surface area contributed by atoms with Crippen LogP contribution in [0.3, 0.4) is 0 Å². The summed E-state index contributed by atoms with van der Waals surface area (Å²) in [4.78, 5) is 17.6. The van der Waals surface area contributed by atoms with Crippen LogP contribution >= 0.6 is 23.8 Å². The van der Waals surface area contributed by atoms with E-state index in [0.29, 0.717) is 10.1 Å². The van der Waals surface area contributed by atoms with Gasteiger partial charge in [0.15, 0.2) is 5.11 Å². The number of anilines is 1. The van der Waals surface area contributed by atoms with Crippen LogP contribution < -0.4 is 10.2 Å². The van der Waals surface area contributed by atoms with E-state index in [2.05, 4.69) is 18.4 Å². The summed E-state index contributed by atoms with van der Waals surface area (Å²) in [6.45, 7) is 7.87. The van der Waals surface area contributed by atoms with E-state index in [1.807, 2.05) is 31.9 Å². The number of halogens is 1. The van der Waals surface area contributed by atoms with Crippen LogP contribution in [0, 0.1) is 13.8 Å². The highest BCUT2D eigenvalue weighted by molar-refractivity contribution is 7.80. The minimum absolute atomic E-state index is 0.112. The Morgan fingerprint density at radius 2 is 2.00 bits per heavy atom. The lowest BCUT2D eigenvalue weighted by atomic mass is 10.1. The molecule has 0 unspecified atom stereocenters. The van der Waals surface area contributed by atoms with Crippen LogP contribution in [-0.4, -0.2) is 67.6 Å². The number of hydrogen-bond donors (Lipinski definition) is 2. The number of piperazine rings is 1. The number of carbonyl (C=O) groups is 1. The highest BCUT2D eigenvalue weighted by Gasteiger charge is 2.23. The number of benzene rings is 1. The van der Waals surface area contributed by atoms with Gasteiger partial charge < -0.3 is 20.0 Å². The van der Waals surface area contributed by atoms with Gasteiger partial charge in [0.2, 0.25) is 5.91 Å². The Labute approximate surface area is 154 Å². The Balaban J connectivity index is 1.94. The number of quaternary nitrogens is 1. The van der Waals surface area contributed by atoms with Gasteiger partial charge in [-0.2, -0.15) is 0 Å². The number of nitrogens with zero attached hydrogens (tertiary/aromatic N) is 2. The second kappa shape index (κ2) is 8.14. The standard InChI is InChI=1S/C17H25ClN4OS/c1-12-9-13(2)16(14(18)10-12)19-17(24)21(4)11-15(23)22-7-5-20(3)6-8-22/h9-10H,5-8,11H2,1-4H3,(H,19,24)/p+1. The first-order valence-electron chi connectivity index (χ1n) is 8.16. The number of aryl methyl sites for hydroxylation is 2. The third kappa shape index (κ3) is 4.82. The number of hydrogen-bond acceptors (Lipinski definition) is 2. The van der Waals surface area contributed by atoms with E-state index in [9.17, 15) is 4.79 Å². The third-order valence-electron chi connectivity index (χ3n) is 4.35. The summed E-state index contributed by atoms with van der Waals surface area (Å²) in [5.41, 5.74) is 2.94. The van der Waals surface area contributed by atoms with E-state index < -0.39 is 0 Å². The molecule has 132 valence electrons. The summed E-state index contributed by atoms with van der Waals surface area (Å²) in [5, 5.41) is 4.30. The van der Waals surface area contributed by atoms with E-state index in [0.717, 1.165) is 43.0 Å². The Morgan fingerprint density at radius 1 is 1.38 bits per heavy atom. The van der Waals surface area contributed by atoms with Crippen molar-refractivity contribution in [2.45, 2.75) is 13.8 Å². The lowest BCUT2D eigenvalue weighted by Crippen LogP contribution is -3.12. The third-order valence-corrected chi connectivity index (χ3v) is 5.06. The van der Waals surface area contributed by atoms with Gasteiger partial charge in [-0.3, -0.25) is 4.79 Å². The van der Waals surface area contributed by atoms with Gasteiger partial charge in [0.25, 0.3) is 0 Å². The number of carbonyl (C=O) groups excluding carboxylic acids is 1. The van der Waals surface area contributed by atoms with Gasteiger partial charge in [-0.1, -0.05) is 17.7 Å². The van der Waals surface area contributed by atoms with Crippen molar-refractivity contribution in [3.63, 3.8) is 0 Å². The zero-order valence-corrected chi connectivity index (χ0v) is 16.4. The molecule has 2 N–H and O–H groups in total. The summed E-state index contributed by atoms with van der Waals surface area (Å²) in [6.07, 6.45) is 0. The van der Waals surface area contributed by atoms with E-state index in [4.69, 9.17) is 23.8 Å². The molecule has 0 bridgehead atoms. The SMILES string of the molecule is Cc1cc(C)c(NC(=S)N(C)CC(=O)N2CC[NH+](C)CC2)c(Cl)c1. The molecule has 2 rings (SSSR count). The van der Waals surface area contributed by atoms with Gasteiger partial charge in [-0.25, -0.2) is 0 Å². The fourth-order valence-corrected chi connectivity index (χ4v) is 3.32. The molecule has 1 aliphatic rings. The second-order valence-corrected chi connectivity index (χ2v) is 7.36. The van der Waals surface area contributed by atoms with Crippen molar-refractivity contribution >= 4 is 40.5 Å². The maximum absolute atomic E-state index is 12.4. The molecule has 0 saturated carbocycles. The molecule has 1 aromatic rings. The van der Waals surface area contributed by atoms with Crippen LogP contribution in [0.25, 0.3) is 0 Å². The van der Waals surface area contributed by atoms with Gasteiger partial charge in [0.05, 0.1) is 50.5 Å². The Bertz CT molecular complexity index is 606. The average Bonchev–Trinajstić information content (AvgIpc) is 2.51. The molecule has 0 spiro atoms. The Kier molecular flexibility index (Phi) is 6.43. The van der Waals surface area contributed by atoms with E-state index in [1.165, 1.54) is 4.90 Å². The topological polar surface area (TPSA) is 40.0 Å². The van der Waals surface area contributed by atoms with Crippen LogP contribution in [0.2, 0.25) is 5.02 Å². The Morgan fingerprint density at radius 3 is 2.58 bits per heavy atom. The molecule has 1 aliphatic heterocycles. The molecule has 1 fully saturated rings. The van der Waals surface area contributed by atoms with Crippen LogP contribution in [0.5, 0.6) is 0 Å². The van der Waals surface area contributed by atoms with E-state index >= 15 is 0 Å². The van der Waals surface area contributed by atoms with Crippen LogP contribution in [-0.2, 0) is 4.79 Å². The lowest BCUT2D eigenvalue weighted by Gasteiger charge is -2.31. The fourth-order valence-electron chi connectivity index (χ4n) is 2.79. The van der Waals surface area contributed by atoms with Crippen LogP contribution in [0.15, 0.2) is 12.1 Å². The predicted molar refractivity (Wildman–Crippen MR) is 103 cm³/mol. The van der Waals surface area contributed by atoms with Gasteiger partial charge in [0.1, 0.15) is 0 Å². The van der Waals surface area contributed by atoms with Gasteiger partial charge in [-0.15, -0.1) is 0 Å². The first kappa shape index (κ1) is 19.0. The maximum Gasteiger partial charge on any atom is 0.242 e. The molecule has 1 saturated heterocycles. The minimum Gasteiger partial charge on any atom is -0.343 e. The second-order valence-electron chi connectivity index (χ2n) is 6.56. The van der Waals surface area contributed by atoms with Gasteiger partial charge in [0, 0.05) is 7.05 Å². The van der Waals surface area contributed by atoms with Crippen molar-refractivity contribution in [1.29, 1.82) is 0 Å². The van der Waals surface area contributed by atoms with Crippen molar-refractivity contribution in [3.05, 3.63) is 28.3 Å². The summed E-state index contributed by atoms with van der Waals surface area (Å²) >= 11 is 11.7. The van der Waals surface area contributed by atoms with Crippen molar-refractivity contribution in [3.8, 4) is 0 Å².